The molecule has 94 valence electrons. The molecule has 0 atom stereocenters. The molecule has 2 nitrogen and oxygen atoms in total. The first-order chi connectivity index (χ1) is 8.69. The summed E-state index contributed by atoms with van der Waals surface area (Å²) in [6.45, 7) is 3.04. The van der Waals surface area contributed by atoms with Gasteiger partial charge in [0.25, 0.3) is 0 Å². The van der Waals surface area contributed by atoms with Crippen molar-refractivity contribution < 1.29 is 0 Å². The predicted molar refractivity (Wildman–Crippen MR) is 79.3 cm³/mol. The zero-order valence-corrected chi connectivity index (χ0v) is 11.3. The first kappa shape index (κ1) is 12.5. The van der Waals surface area contributed by atoms with Gasteiger partial charge in [0, 0.05) is 32.0 Å². The van der Waals surface area contributed by atoms with Gasteiger partial charge in [0.05, 0.1) is 0 Å². The molecule has 0 bridgehead atoms. The molecule has 0 saturated carbocycles. The lowest BCUT2D eigenvalue weighted by Gasteiger charge is -2.19. The van der Waals surface area contributed by atoms with E-state index in [0.717, 1.165) is 12.2 Å². The van der Waals surface area contributed by atoms with Crippen LogP contribution >= 0.6 is 0 Å². The van der Waals surface area contributed by atoms with Gasteiger partial charge in [0.1, 0.15) is 0 Å². The number of benzene rings is 2. The van der Waals surface area contributed by atoms with E-state index in [-0.39, 0.29) is 0 Å². The first-order valence-corrected chi connectivity index (χ1v) is 6.23. The monoisotopic (exact) mass is 240 g/mol. The lowest BCUT2D eigenvalue weighted by Crippen LogP contribution is -2.16. The number of rotatable bonds is 4. The third-order valence-electron chi connectivity index (χ3n) is 3.14. The summed E-state index contributed by atoms with van der Waals surface area (Å²) in [5.41, 5.74) is 5.01. The van der Waals surface area contributed by atoms with Crippen LogP contribution in [-0.4, -0.2) is 14.1 Å². The van der Waals surface area contributed by atoms with E-state index in [4.69, 9.17) is 0 Å². The second kappa shape index (κ2) is 5.58. The highest BCUT2D eigenvalue weighted by Gasteiger charge is 2.01. The van der Waals surface area contributed by atoms with Crippen LogP contribution < -0.4 is 10.2 Å². The van der Waals surface area contributed by atoms with Crippen LogP contribution in [0.5, 0.6) is 0 Å². The van der Waals surface area contributed by atoms with Gasteiger partial charge in [-0.25, -0.2) is 0 Å². The number of aryl methyl sites for hydroxylation is 1. The zero-order chi connectivity index (χ0) is 13.0. The molecule has 2 aromatic rings. The standard InChI is InChI=1S/C16H20N2/c1-13-4-10-16(11-5-13)18(3)12-14-6-8-15(17-2)9-7-14/h4-11,17H,12H2,1-3H3. The minimum absolute atomic E-state index is 0.924. The highest BCUT2D eigenvalue weighted by atomic mass is 15.1. The Labute approximate surface area is 109 Å². The molecule has 0 aliphatic rings. The molecular weight excluding hydrogens is 220 g/mol. The SMILES string of the molecule is CNc1ccc(CN(C)c2ccc(C)cc2)cc1. The Bertz CT molecular complexity index is 486. The van der Waals surface area contributed by atoms with Gasteiger partial charge in [-0.3, -0.25) is 0 Å². The van der Waals surface area contributed by atoms with Crippen molar-refractivity contribution in [2.75, 3.05) is 24.3 Å². The Balaban J connectivity index is 2.05. The van der Waals surface area contributed by atoms with Gasteiger partial charge in [-0.2, -0.15) is 0 Å². The minimum atomic E-state index is 0.924. The number of anilines is 2. The molecule has 1 N–H and O–H groups in total. The Kier molecular flexibility index (Phi) is 3.88. The zero-order valence-electron chi connectivity index (χ0n) is 11.3. The van der Waals surface area contributed by atoms with Gasteiger partial charge in [0.2, 0.25) is 0 Å². The second-order valence-corrected chi connectivity index (χ2v) is 4.64. The summed E-state index contributed by atoms with van der Waals surface area (Å²) >= 11 is 0. The summed E-state index contributed by atoms with van der Waals surface area (Å²) in [5, 5.41) is 3.13. The van der Waals surface area contributed by atoms with Crippen LogP contribution in [-0.2, 0) is 6.54 Å². The molecule has 2 heteroatoms. The molecule has 0 amide bonds. The summed E-state index contributed by atoms with van der Waals surface area (Å²) in [6, 6.07) is 17.2. The molecule has 2 aromatic carbocycles. The maximum absolute atomic E-state index is 3.13. The van der Waals surface area contributed by atoms with Gasteiger partial charge in [-0.1, -0.05) is 29.8 Å². The van der Waals surface area contributed by atoms with Crippen molar-refractivity contribution in [2.45, 2.75) is 13.5 Å². The molecule has 0 unspecified atom stereocenters. The molecule has 0 radical (unpaired) electrons. The number of hydrogen-bond donors (Lipinski definition) is 1. The van der Waals surface area contributed by atoms with E-state index >= 15 is 0 Å². The van der Waals surface area contributed by atoms with Crippen LogP contribution in [0.25, 0.3) is 0 Å². The lowest BCUT2D eigenvalue weighted by molar-refractivity contribution is 0.923. The predicted octanol–water partition coefficient (Wildman–Crippen LogP) is 3.67. The summed E-state index contributed by atoms with van der Waals surface area (Å²) < 4.78 is 0. The van der Waals surface area contributed by atoms with Crippen molar-refractivity contribution in [1.29, 1.82) is 0 Å². The van der Waals surface area contributed by atoms with E-state index in [1.165, 1.54) is 16.8 Å². The average Bonchev–Trinajstić information content (AvgIpc) is 2.40. The third-order valence-corrected chi connectivity index (χ3v) is 3.14. The van der Waals surface area contributed by atoms with Crippen molar-refractivity contribution >= 4 is 11.4 Å². The topological polar surface area (TPSA) is 15.3 Å². The third kappa shape index (κ3) is 3.04. The van der Waals surface area contributed by atoms with E-state index in [1.54, 1.807) is 0 Å². The van der Waals surface area contributed by atoms with Crippen molar-refractivity contribution in [2.24, 2.45) is 0 Å². The summed E-state index contributed by atoms with van der Waals surface area (Å²) in [6.07, 6.45) is 0. The fourth-order valence-electron chi connectivity index (χ4n) is 1.94. The highest BCUT2D eigenvalue weighted by Crippen LogP contribution is 2.17. The van der Waals surface area contributed by atoms with E-state index in [9.17, 15) is 0 Å². The highest BCUT2D eigenvalue weighted by molar-refractivity contribution is 5.49. The molecule has 0 saturated heterocycles. The average molecular weight is 240 g/mol. The van der Waals surface area contributed by atoms with Crippen LogP contribution in [0.15, 0.2) is 48.5 Å². The fourth-order valence-corrected chi connectivity index (χ4v) is 1.94. The molecule has 0 aliphatic heterocycles. The Morgan fingerprint density at radius 1 is 0.944 bits per heavy atom. The van der Waals surface area contributed by atoms with Gasteiger partial charge in [-0.15, -0.1) is 0 Å². The smallest absolute Gasteiger partial charge is 0.0426 e. The molecule has 0 aromatic heterocycles. The van der Waals surface area contributed by atoms with E-state index < -0.39 is 0 Å². The molecule has 0 aliphatic carbocycles. The number of hydrogen-bond acceptors (Lipinski definition) is 2. The maximum atomic E-state index is 3.13. The van der Waals surface area contributed by atoms with Crippen LogP contribution in [0.3, 0.4) is 0 Å². The van der Waals surface area contributed by atoms with Crippen LogP contribution in [0, 0.1) is 6.92 Å². The van der Waals surface area contributed by atoms with Gasteiger partial charge >= 0.3 is 0 Å². The normalized spacial score (nSPS) is 10.2. The van der Waals surface area contributed by atoms with Gasteiger partial charge in [-0.05, 0) is 36.8 Å². The molecule has 18 heavy (non-hydrogen) atoms. The molecule has 2 rings (SSSR count). The lowest BCUT2D eigenvalue weighted by atomic mass is 10.1. The summed E-state index contributed by atoms with van der Waals surface area (Å²) in [4.78, 5) is 2.26. The number of nitrogens with zero attached hydrogens (tertiary/aromatic N) is 1. The van der Waals surface area contributed by atoms with E-state index in [0.29, 0.717) is 0 Å². The van der Waals surface area contributed by atoms with Gasteiger partial charge in [0.15, 0.2) is 0 Å². The number of nitrogens with one attached hydrogen (secondary N) is 1. The summed E-state index contributed by atoms with van der Waals surface area (Å²) in [7, 11) is 4.06. The molecule has 0 spiro atoms. The largest absolute Gasteiger partial charge is 0.388 e. The van der Waals surface area contributed by atoms with Gasteiger partial charge < -0.3 is 10.2 Å². The van der Waals surface area contributed by atoms with Crippen molar-refractivity contribution in [3.8, 4) is 0 Å². The molecule has 0 heterocycles. The molecule has 0 fully saturated rings. The Morgan fingerprint density at radius 3 is 2.11 bits per heavy atom. The molecular formula is C16H20N2. The van der Waals surface area contributed by atoms with Crippen LogP contribution in [0.1, 0.15) is 11.1 Å². The summed E-state index contributed by atoms with van der Waals surface area (Å²) in [5.74, 6) is 0. The van der Waals surface area contributed by atoms with Crippen molar-refractivity contribution in [3.05, 3.63) is 59.7 Å². The van der Waals surface area contributed by atoms with Crippen molar-refractivity contribution in [1.82, 2.24) is 0 Å². The van der Waals surface area contributed by atoms with E-state index in [2.05, 4.69) is 72.7 Å². The quantitative estimate of drug-likeness (QED) is 0.877. The maximum Gasteiger partial charge on any atom is 0.0426 e. The Hall–Kier alpha value is -1.96. The second-order valence-electron chi connectivity index (χ2n) is 4.64. The minimum Gasteiger partial charge on any atom is -0.388 e. The van der Waals surface area contributed by atoms with Crippen LogP contribution in [0.4, 0.5) is 11.4 Å². The Morgan fingerprint density at radius 2 is 1.56 bits per heavy atom. The fraction of sp³-hybridized carbons (Fsp3) is 0.250. The van der Waals surface area contributed by atoms with E-state index in [1.807, 2.05) is 7.05 Å². The van der Waals surface area contributed by atoms with Crippen LogP contribution in [0.2, 0.25) is 0 Å². The first-order valence-electron chi connectivity index (χ1n) is 6.23. The van der Waals surface area contributed by atoms with Crippen molar-refractivity contribution in [3.63, 3.8) is 0 Å².